The predicted octanol–water partition coefficient (Wildman–Crippen LogP) is 5.03. The lowest BCUT2D eigenvalue weighted by Gasteiger charge is -2.36. The van der Waals surface area contributed by atoms with E-state index in [1.54, 1.807) is 0 Å². The van der Waals surface area contributed by atoms with Crippen molar-refractivity contribution in [2.45, 2.75) is 76.9 Å². The lowest BCUT2D eigenvalue weighted by Crippen LogP contribution is -2.34. The minimum atomic E-state index is -0.897. The first-order chi connectivity index (χ1) is 6.21. The lowest BCUT2D eigenvalue weighted by atomic mass is 10.2. The molecule has 1 radical (unpaired) electrons. The molecule has 0 saturated carbocycles. The fourth-order valence-corrected chi connectivity index (χ4v) is 8.85. The van der Waals surface area contributed by atoms with E-state index in [2.05, 4.69) is 47.0 Å². The van der Waals surface area contributed by atoms with Crippen molar-refractivity contribution in [1.29, 1.82) is 0 Å². The Labute approximate surface area is 94.1 Å². The Hall–Kier alpha value is 0.434. The molecule has 0 spiro atoms. The minimum absolute atomic E-state index is 0.133. The van der Waals surface area contributed by atoms with Crippen LogP contribution >= 0.6 is 0 Å². The highest BCUT2D eigenvalue weighted by Crippen LogP contribution is 2.39. The van der Waals surface area contributed by atoms with Gasteiger partial charge in [-0.05, 0) is 5.04 Å². The maximum absolute atomic E-state index is 2.58. The molecule has 2 heteroatoms. The van der Waals surface area contributed by atoms with Gasteiger partial charge in [-0.15, -0.1) is 0 Å². The number of hydrogen-bond acceptors (Lipinski definition) is 0. The van der Waals surface area contributed by atoms with Crippen LogP contribution in [0.15, 0.2) is 0 Å². The van der Waals surface area contributed by atoms with Gasteiger partial charge in [0.1, 0.15) is 0 Å². The molecule has 0 saturated heterocycles. The molecule has 0 nitrogen and oxygen atoms in total. The van der Waals surface area contributed by atoms with Gasteiger partial charge in [0.15, 0.2) is 0 Å². The Bertz CT molecular complexity index is 160. The highest BCUT2D eigenvalue weighted by atomic mass is 28.3. The second-order valence-corrected chi connectivity index (χ2v) is 14.9. The molecule has 0 unspecified atom stereocenters. The average molecular weight is 230 g/mol. The van der Waals surface area contributed by atoms with Gasteiger partial charge in [-0.25, -0.2) is 0 Å². The van der Waals surface area contributed by atoms with E-state index >= 15 is 0 Å². The van der Waals surface area contributed by atoms with Crippen LogP contribution in [0.5, 0.6) is 0 Å². The van der Waals surface area contributed by atoms with Gasteiger partial charge in [-0.3, -0.25) is 0 Å². The van der Waals surface area contributed by atoms with Gasteiger partial charge < -0.3 is 0 Å². The fraction of sp³-hybridized carbons (Fsp3) is 1.00. The fourth-order valence-electron chi connectivity index (χ4n) is 2.12. The van der Waals surface area contributed by atoms with Crippen LogP contribution in [0.1, 0.15) is 33.6 Å². The zero-order valence-electron chi connectivity index (χ0n) is 11.3. The van der Waals surface area contributed by atoms with Crippen LogP contribution in [0, 0.1) is 0 Å². The van der Waals surface area contributed by atoms with Gasteiger partial charge in [-0.1, -0.05) is 71.9 Å². The van der Waals surface area contributed by atoms with E-state index in [-0.39, 0.29) is 8.80 Å². The molecule has 0 heterocycles. The van der Waals surface area contributed by atoms with Crippen molar-refractivity contribution in [1.82, 2.24) is 0 Å². The van der Waals surface area contributed by atoms with Crippen molar-refractivity contribution in [2.24, 2.45) is 0 Å². The highest BCUT2D eigenvalue weighted by Gasteiger charge is 2.32. The molecular formula is C12H29Si2. The van der Waals surface area contributed by atoms with E-state index in [0.29, 0.717) is 5.04 Å². The normalized spacial score (nSPS) is 13.7. The first kappa shape index (κ1) is 14.4. The molecule has 0 rings (SSSR count). The predicted molar refractivity (Wildman–Crippen MR) is 73.5 cm³/mol. The van der Waals surface area contributed by atoms with Crippen molar-refractivity contribution in [3.8, 4) is 0 Å². The van der Waals surface area contributed by atoms with E-state index in [9.17, 15) is 0 Å². The standard InChI is InChI=1S/C12H29Si2/c1-8-9-10-14(6,7)11-12(2,3)13(4)5/h8-11H2,1-7H3. The van der Waals surface area contributed by atoms with Crippen LogP contribution < -0.4 is 0 Å². The quantitative estimate of drug-likeness (QED) is 0.560. The third-order valence-corrected chi connectivity index (χ3v) is 10.3. The summed E-state index contributed by atoms with van der Waals surface area (Å²) < 4.78 is 0. The average Bonchev–Trinajstić information content (AvgIpc) is 1.99. The van der Waals surface area contributed by atoms with E-state index in [4.69, 9.17) is 0 Å². The number of hydrogen-bond donors (Lipinski definition) is 0. The van der Waals surface area contributed by atoms with E-state index in [0.717, 1.165) is 0 Å². The second kappa shape index (κ2) is 5.50. The molecule has 0 aliphatic heterocycles. The van der Waals surface area contributed by atoms with Crippen LogP contribution in [0.2, 0.25) is 43.3 Å². The van der Waals surface area contributed by atoms with Crippen molar-refractivity contribution >= 4 is 16.9 Å². The summed E-state index contributed by atoms with van der Waals surface area (Å²) in [4.78, 5) is 0. The van der Waals surface area contributed by atoms with Crippen LogP contribution in [-0.2, 0) is 0 Å². The summed E-state index contributed by atoms with van der Waals surface area (Å²) in [6, 6.07) is 3.06. The Morgan fingerprint density at radius 3 is 2.00 bits per heavy atom. The molecular weight excluding hydrogens is 200 g/mol. The molecule has 14 heavy (non-hydrogen) atoms. The Balaban J connectivity index is 4.19. The van der Waals surface area contributed by atoms with Crippen LogP contribution in [-0.4, -0.2) is 16.9 Å². The Morgan fingerprint density at radius 1 is 1.14 bits per heavy atom. The molecule has 85 valence electrons. The monoisotopic (exact) mass is 229 g/mol. The van der Waals surface area contributed by atoms with E-state index in [1.807, 2.05) is 0 Å². The summed E-state index contributed by atoms with van der Waals surface area (Å²) in [5.41, 5.74) is 0. The molecule has 0 aromatic heterocycles. The largest absolute Gasteiger partial charge is 0.0709 e. The Kier molecular flexibility index (Phi) is 5.67. The smallest absolute Gasteiger partial charge is 0.0476 e. The van der Waals surface area contributed by atoms with Gasteiger partial charge in [0.2, 0.25) is 0 Å². The van der Waals surface area contributed by atoms with Gasteiger partial charge in [0.25, 0.3) is 0 Å². The van der Waals surface area contributed by atoms with Crippen LogP contribution in [0.3, 0.4) is 0 Å². The zero-order valence-corrected chi connectivity index (χ0v) is 13.3. The van der Waals surface area contributed by atoms with Crippen molar-refractivity contribution in [3.05, 3.63) is 0 Å². The molecule has 0 atom stereocenters. The minimum Gasteiger partial charge on any atom is -0.0709 e. The summed E-state index contributed by atoms with van der Waals surface area (Å²) in [7, 11) is -1.03. The van der Waals surface area contributed by atoms with Gasteiger partial charge in [0.05, 0.1) is 0 Å². The number of rotatable bonds is 6. The first-order valence-corrected chi connectivity index (χ1v) is 11.9. The van der Waals surface area contributed by atoms with Crippen molar-refractivity contribution < 1.29 is 0 Å². The maximum atomic E-state index is 2.58. The molecule has 0 bridgehead atoms. The highest BCUT2D eigenvalue weighted by molar-refractivity contribution is 6.79. The SMILES string of the molecule is CCCC[Si](C)(C)CC(C)(C)[Si](C)C. The van der Waals surface area contributed by atoms with Crippen LogP contribution in [0.4, 0.5) is 0 Å². The van der Waals surface area contributed by atoms with Crippen molar-refractivity contribution in [2.75, 3.05) is 0 Å². The summed E-state index contributed by atoms with van der Waals surface area (Å²) >= 11 is 0. The third kappa shape index (κ3) is 5.35. The molecule has 0 N–H and O–H groups in total. The molecule has 0 fully saturated rings. The van der Waals surface area contributed by atoms with Crippen LogP contribution in [0.25, 0.3) is 0 Å². The molecule has 0 aliphatic carbocycles. The zero-order chi connectivity index (χ0) is 11.4. The second-order valence-electron chi connectivity index (χ2n) is 6.33. The summed E-state index contributed by atoms with van der Waals surface area (Å²) in [5.74, 6) is 0. The molecule has 0 aromatic rings. The summed E-state index contributed by atoms with van der Waals surface area (Å²) in [5, 5.41) is 0.647. The van der Waals surface area contributed by atoms with Crippen molar-refractivity contribution in [3.63, 3.8) is 0 Å². The van der Waals surface area contributed by atoms with E-state index in [1.165, 1.54) is 24.9 Å². The number of unbranched alkanes of at least 4 members (excludes halogenated alkanes) is 1. The van der Waals surface area contributed by atoms with Gasteiger partial charge in [0, 0.05) is 16.9 Å². The lowest BCUT2D eigenvalue weighted by molar-refractivity contribution is 0.717. The summed E-state index contributed by atoms with van der Waals surface area (Å²) in [6.07, 6.45) is 2.82. The summed E-state index contributed by atoms with van der Waals surface area (Å²) in [6.45, 7) is 17.4. The first-order valence-electron chi connectivity index (χ1n) is 6.02. The molecule has 0 amide bonds. The van der Waals surface area contributed by atoms with E-state index < -0.39 is 8.07 Å². The van der Waals surface area contributed by atoms with Gasteiger partial charge >= 0.3 is 0 Å². The van der Waals surface area contributed by atoms with Gasteiger partial charge in [-0.2, -0.15) is 0 Å². The Morgan fingerprint density at radius 2 is 1.64 bits per heavy atom. The molecule has 0 aliphatic rings. The molecule has 0 aromatic carbocycles. The maximum Gasteiger partial charge on any atom is 0.0476 e. The third-order valence-electron chi connectivity index (χ3n) is 3.48. The topological polar surface area (TPSA) is 0 Å².